The molecule has 0 radical (unpaired) electrons. The standard InChI is InChI=1S/C19H22N2O2S/c1-2-23-16-11-15(19(16)9-6-10-19)21-17(22)14-12-24-18(20-14)13-7-4-3-5-8-13/h3-5,7-8,12,15-16H,2,6,9-11H2,1H3,(H,21,22)/t15-,16-/m1/s1. The Kier molecular flexibility index (Phi) is 4.14. The maximum absolute atomic E-state index is 12.6. The van der Waals surface area contributed by atoms with Crippen LogP contribution in [0.5, 0.6) is 0 Å². The summed E-state index contributed by atoms with van der Waals surface area (Å²) in [6.45, 7) is 2.79. The molecule has 4 rings (SSSR count). The van der Waals surface area contributed by atoms with E-state index in [2.05, 4.69) is 10.3 Å². The first kappa shape index (κ1) is 15.8. The second-order valence-corrected chi connectivity index (χ2v) is 7.55. The van der Waals surface area contributed by atoms with Gasteiger partial charge in [0.15, 0.2) is 0 Å². The molecule has 2 fully saturated rings. The minimum absolute atomic E-state index is 0.0559. The molecule has 1 aromatic carbocycles. The average Bonchev–Trinajstić information content (AvgIpc) is 3.03. The second-order valence-electron chi connectivity index (χ2n) is 6.70. The molecule has 1 heterocycles. The zero-order valence-electron chi connectivity index (χ0n) is 13.8. The second kappa shape index (κ2) is 6.30. The minimum atomic E-state index is -0.0559. The topological polar surface area (TPSA) is 51.2 Å². The van der Waals surface area contributed by atoms with Gasteiger partial charge in [-0.1, -0.05) is 36.8 Å². The lowest BCUT2D eigenvalue weighted by Gasteiger charge is -2.60. The number of thiazole rings is 1. The summed E-state index contributed by atoms with van der Waals surface area (Å²) in [6, 6.07) is 10.2. The number of carbonyl (C=O) groups excluding carboxylic acids is 1. The van der Waals surface area contributed by atoms with Gasteiger partial charge in [0.2, 0.25) is 0 Å². The fourth-order valence-corrected chi connectivity index (χ4v) is 4.77. The van der Waals surface area contributed by atoms with Crippen molar-refractivity contribution in [2.45, 2.75) is 44.8 Å². The first-order valence-corrected chi connectivity index (χ1v) is 9.54. The highest BCUT2D eigenvalue weighted by Crippen LogP contribution is 2.57. The molecule has 4 nitrogen and oxygen atoms in total. The van der Waals surface area contributed by atoms with Gasteiger partial charge < -0.3 is 10.1 Å². The summed E-state index contributed by atoms with van der Waals surface area (Å²) >= 11 is 1.52. The lowest BCUT2D eigenvalue weighted by molar-refractivity contribution is -0.169. The summed E-state index contributed by atoms with van der Waals surface area (Å²) in [7, 11) is 0. The van der Waals surface area contributed by atoms with Crippen molar-refractivity contribution >= 4 is 17.2 Å². The van der Waals surface area contributed by atoms with Crippen LogP contribution in [-0.4, -0.2) is 29.6 Å². The van der Waals surface area contributed by atoms with Gasteiger partial charge in [0, 0.05) is 29.0 Å². The molecule has 0 saturated heterocycles. The molecule has 1 spiro atoms. The maximum atomic E-state index is 12.6. The van der Waals surface area contributed by atoms with Crippen LogP contribution in [0.2, 0.25) is 0 Å². The molecule has 1 N–H and O–H groups in total. The number of ether oxygens (including phenoxy) is 1. The first-order valence-electron chi connectivity index (χ1n) is 8.66. The molecule has 0 unspecified atom stereocenters. The van der Waals surface area contributed by atoms with E-state index in [0.717, 1.165) is 36.4 Å². The van der Waals surface area contributed by atoms with Crippen molar-refractivity contribution in [2.24, 2.45) is 5.41 Å². The molecule has 2 atom stereocenters. The number of amides is 1. The number of nitrogens with zero attached hydrogens (tertiary/aromatic N) is 1. The van der Waals surface area contributed by atoms with Crippen molar-refractivity contribution < 1.29 is 9.53 Å². The molecule has 2 aliphatic carbocycles. The third kappa shape index (κ3) is 2.56. The Morgan fingerprint density at radius 2 is 2.17 bits per heavy atom. The van der Waals surface area contributed by atoms with Crippen LogP contribution in [0.15, 0.2) is 35.7 Å². The van der Waals surface area contributed by atoms with Crippen LogP contribution >= 0.6 is 11.3 Å². The number of benzene rings is 1. The fourth-order valence-electron chi connectivity index (χ4n) is 3.96. The van der Waals surface area contributed by atoms with E-state index in [4.69, 9.17) is 4.74 Å². The van der Waals surface area contributed by atoms with Gasteiger partial charge in [-0.2, -0.15) is 0 Å². The highest BCUT2D eigenvalue weighted by molar-refractivity contribution is 7.13. The molecule has 1 amide bonds. The van der Waals surface area contributed by atoms with E-state index in [1.165, 1.54) is 17.8 Å². The Hall–Kier alpha value is -1.72. The summed E-state index contributed by atoms with van der Waals surface area (Å²) in [4.78, 5) is 17.1. The SMILES string of the molecule is CCO[C@@H]1C[C@@H](NC(=O)c2csc(-c3ccccc3)n2)C12CCC2. The van der Waals surface area contributed by atoms with Crippen molar-refractivity contribution in [1.29, 1.82) is 0 Å². The molecule has 1 aromatic heterocycles. The maximum Gasteiger partial charge on any atom is 0.271 e. The third-order valence-corrected chi connectivity index (χ3v) is 6.39. The summed E-state index contributed by atoms with van der Waals surface area (Å²) < 4.78 is 5.85. The predicted molar refractivity (Wildman–Crippen MR) is 95.1 cm³/mol. The number of hydrogen-bond donors (Lipinski definition) is 1. The lowest BCUT2D eigenvalue weighted by Crippen LogP contribution is -2.67. The monoisotopic (exact) mass is 342 g/mol. The largest absolute Gasteiger partial charge is 0.378 e. The van der Waals surface area contributed by atoms with Crippen LogP contribution in [0.1, 0.15) is 43.1 Å². The van der Waals surface area contributed by atoms with E-state index in [1.54, 1.807) is 0 Å². The smallest absolute Gasteiger partial charge is 0.271 e. The Balaban J connectivity index is 1.43. The van der Waals surface area contributed by atoms with Crippen LogP contribution < -0.4 is 5.32 Å². The average molecular weight is 342 g/mol. The van der Waals surface area contributed by atoms with Gasteiger partial charge in [0.05, 0.1) is 6.10 Å². The highest BCUT2D eigenvalue weighted by Gasteiger charge is 2.59. The van der Waals surface area contributed by atoms with E-state index >= 15 is 0 Å². The summed E-state index contributed by atoms with van der Waals surface area (Å²) in [5.74, 6) is -0.0559. The normalized spacial score (nSPS) is 24.2. The third-order valence-electron chi connectivity index (χ3n) is 5.50. The summed E-state index contributed by atoms with van der Waals surface area (Å²) in [6.07, 6.45) is 4.81. The van der Waals surface area contributed by atoms with Crippen molar-refractivity contribution in [3.05, 3.63) is 41.4 Å². The van der Waals surface area contributed by atoms with Gasteiger partial charge in [-0.3, -0.25) is 4.79 Å². The molecule has 24 heavy (non-hydrogen) atoms. The molecule has 2 saturated carbocycles. The molecule has 2 aliphatic rings. The Morgan fingerprint density at radius 3 is 2.83 bits per heavy atom. The summed E-state index contributed by atoms with van der Waals surface area (Å²) in [5, 5.41) is 5.94. The molecule has 126 valence electrons. The molecule has 0 aliphatic heterocycles. The molecule has 2 aromatic rings. The van der Waals surface area contributed by atoms with Gasteiger partial charge >= 0.3 is 0 Å². The van der Waals surface area contributed by atoms with E-state index < -0.39 is 0 Å². The lowest BCUT2D eigenvalue weighted by atomic mass is 9.51. The van der Waals surface area contributed by atoms with E-state index in [-0.39, 0.29) is 17.4 Å². The molecule has 5 heteroatoms. The van der Waals surface area contributed by atoms with Crippen LogP contribution in [0, 0.1) is 5.41 Å². The first-order chi connectivity index (χ1) is 11.7. The Morgan fingerprint density at radius 1 is 1.38 bits per heavy atom. The van der Waals surface area contributed by atoms with Crippen molar-refractivity contribution in [2.75, 3.05) is 6.61 Å². The van der Waals surface area contributed by atoms with Gasteiger partial charge in [0.25, 0.3) is 5.91 Å². The number of hydrogen-bond acceptors (Lipinski definition) is 4. The van der Waals surface area contributed by atoms with Crippen molar-refractivity contribution in [3.63, 3.8) is 0 Å². The Bertz CT molecular complexity index is 724. The minimum Gasteiger partial charge on any atom is -0.378 e. The fraction of sp³-hybridized carbons (Fsp3) is 0.474. The van der Waals surface area contributed by atoms with E-state index in [0.29, 0.717) is 11.8 Å². The van der Waals surface area contributed by atoms with Crippen molar-refractivity contribution in [1.82, 2.24) is 10.3 Å². The number of rotatable bonds is 5. The van der Waals surface area contributed by atoms with Crippen molar-refractivity contribution in [3.8, 4) is 10.6 Å². The van der Waals surface area contributed by atoms with Crippen LogP contribution in [0.3, 0.4) is 0 Å². The molecular weight excluding hydrogens is 320 g/mol. The Labute approximate surface area is 146 Å². The zero-order chi connectivity index (χ0) is 16.6. The predicted octanol–water partition coefficient (Wildman–Crippen LogP) is 3.89. The zero-order valence-corrected chi connectivity index (χ0v) is 14.6. The van der Waals surface area contributed by atoms with Crippen LogP contribution in [0.4, 0.5) is 0 Å². The van der Waals surface area contributed by atoms with Crippen LogP contribution in [0.25, 0.3) is 10.6 Å². The van der Waals surface area contributed by atoms with E-state index in [9.17, 15) is 4.79 Å². The number of nitrogens with one attached hydrogen (secondary N) is 1. The summed E-state index contributed by atoms with van der Waals surface area (Å²) in [5.41, 5.74) is 1.76. The van der Waals surface area contributed by atoms with Crippen LogP contribution in [-0.2, 0) is 4.74 Å². The van der Waals surface area contributed by atoms with Gasteiger partial charge in [-0.15, -0.1) is 11.3 Å². The van der Waals surface area contributed by atoms with Gasteiger partial charge in [0.1, 0.15) is 10.7 Å². The van der Waals surface area contributed by atoms with E-state index in [1.807, 2.05) is 42.6 Å². The number of carbonyl (C=O) groups is 1. The van der Waals surface area contributed by atoms with Gasteiger partial charge in [-0.05, 0) is 26.2 Å². The van der Waals surface area contributed by atoms with Gasteiger partial charge in [-0.25, -0.2) is 4.98 Å². The quantitative estimate of drug-likeness (QED) is 0.897. The molecular formula is C19H22N2O2S. The number of aromatic nitrogens is 1. The highest BCUT2D eigenvalue weighted by atomic mass is 32.1. The molecule has 0 bridgehead atoms.